The molecule has 0 heterocycles. The Morgan fingerprint density at radius 1 is 0.905 bits per heavy atom. The van der Waals surface area contributed by atoms with Gasteiger partial charge in [0.25, 0.3) is 0 Å². The lowest BCUT2D eigenvalue weighted by atomic mass is 9.99. The first-order valence-electron chi connectivity index (χ1n) is 9.04. The number of hydrogen-bond donors (Lipinski definition) is 0. The van der Waals surface area contributed by atoms with Crippen LogP contribution in [0.15, 0.2) is 11.1 Å². The lowest BCUT2D eigenvalue weighted by Gasteiger charge is -2.08. The Morgan fingerprint density at radius 3 is 2.05 bits per heavy atom. The van der Waals surface area contributed by atoms with Crippen molar-refractivity contribution < 1.29 is 9.53 Å². The van der Waals surface area contributed by atoms with Gasteiger partial charge >= 0.3 is 5.97 Å². The van der Waals surface area contributed by atoms with E-state index in [4.69, 9.17) is 0 Å². The van der Waals surface area contributed by atoms with E-state index in [0.29, 0.717) is 6.42 Å². The maximum Gasteiger partial charge on any atom is 0.305 e. The molecule has 0 radical (unpaired) electrons. The van der Waals surface area contributed by atoms with Crippen molar-refractivity contribution in [2.75, 3.05) is 7.11 Å². The number of carbonyl (C=O) groups is 1. The number of rotatable bonds is 12. The van der Waals surface area contributed by atoms with Crippen molar-refractivity contribution in [1.82, 2.24) is 0 Å². The predicted octanol–water partition coefficient (Wildman–Crippen LogP) is 5.95. The maximum absolute atomic E-state index is 11.0. The van der Waals surface area contributed by atoms with E-state index in [0.717, 1.165) is 12.8 Å². The van der Waals surface area contributed by atoms with Crippen LogP contribution in [0.4, 0.5) is 0 Å². The second-order valence-corrected chi connectivity index (χ2v) is 6.36. The summed E-state index contributed by atoms with van der Waals surface area (Å²) in [6.45, 7) is 2.28. The van der Waals surface area contributed by atoms with Gasteiger partial charge in [0.15, 0.2) is 0 Å². The summed E-state index contributed by atoms with van der Waals surface area (Å²) in [7, 11) is 1.47. The minimum atomic E-state index is -0.0668. The molecular weight excluding hydrogens is 260 g/mol. The van der Waals surface area contributed by atoms with Crippen molar-refractivity contribution in [2.45, 2.75) is 96.8 Å². The molecule has 0 aromatic carbocycles. The van der Waals surface area contributed by atoms with E-state index in [9.17, 15) is 4.79 Å². The molecule has 21 heavy (non-hydrogen) atoms. The number of carbonyl (C=O) groups excluding carboxylic acids is 1. The maximum atomic E-state index is 11.0. The average molecular weight is 294 g/mol. The summed E-state index contributed by atoms with van der Waals surface area (Å²) < 4.78 is 4.66. The zero-order valence-electron chi connectivity index (χ0n) is 14.2. The van der Waals surface area contributed by atoms with Crippen molar-refractivity contribution in [3.63, 3.8) is 0 Å². The molecule has 0 saturated carbocycles. The Hall–Kier alpha value is -0.790. The molecule has 2 nitrogen and oxygen atoms in total. The lowest BCUT2D eigenvalue weighted by Crippen LogP contribution is -1.99. The Labute approximate surface area is 131 Å². The summed E-state index contributed by atoms with van der Waals surface area (Å²) in [5.74, 6) is -0.0668. The normalized spacial score (nSPS) is 14.8. The monoisotopic (exact) mass is 294 g/mol. The number of esters is 1. The summed E-state index contributed by atoms with van der Waals surface area (Å²) in [5, 5.41) is 0. The van der Waals surface area contributed by atoms with Crippen LogP contribution < -0.4 is 0 Å². The van der Waals surface area contributed by atoms with E-state index in [-0.39, 0.29) is 5.97 Å². The van der Waals surface area contributed by atoms with Gasteiger partial charge in [-0.25, -0.2) is 0 Å². The first kappa shape index (κ1) is 18.3. The first-order valence-corrected chi connectivity index (χ1v) is 9.04. The molecule has 0 saturated heterocycles. The van der Waals surface area contributed by atoms with Crippen LogP contribution in [-0.2, 0) is 9.53 Å². The van der Waals surface area contributed by atoms with Crippen LogP contribution in [0.1, 0.15) is 96.8 Å². The van der Waals surface area contributed by atoms with Crippen molar-refractivity contribution in [1.29, 1.82) is 0 Å². The highest BCUT2D eigenvalue weighted by atomic mass is 16.5. The molecule has 0 unspecified atom stereocenters. The van der Waals surface area contributed by atoms with Crippen LogP contribution >= 0.6 is 0 Å². The highest BCUT2D eigenvalue weighted by Gasteiger charge is 2.13. The fourth-order valence-corrected chi connectivity index (χ4v) is 3.30. The summed E-state index contributed by atoms with van der Waals surface area (Å²) in [6.07, 6.45) is 17.6. The molecule has 0 N–H and O–H groups in total. The highest BCUT2D eigenvalue weighted by molar-refractivity contribution is 5.68. The van der Waals surface area contributed by atoms with Gasteiger partial charge in [-0.05, 0) is 51.4 Å². The molecule has 0 fully saturated rings. The van der Waals surface area contributed by atoms with Crippen LogP contribution in [0.3, 0.4) is 0 Å². The third-order valence-corrected chi connectivity index (χ3v) is 4.63. The molecular formula is C19H34O2. The van der Waals surface area contributed by atoms with Gasteiger partial charge in [0.05, 0.1) is 7.11 Å². The molecule has 1 aliphatic rings. The van der Waals surface area contributed by atoms with E-state index < -0.39 is 0 Å². The zero-order chi connectivity index (χ0) is 15.3. The summed E-state index contributed by atoms with van der Waals surface area (Å²) in [6, 6.07) is 0. The third kappa shape index (κ3) is 8.28. The third-order valence-electron chi connectivity index (χ3n) is 4.63. The average Bonchev–Trinajstić information content (AvgIpc) is 2.94. The molecule has 1 rings (SSSR count). The van der Waals surface area contributed by atoms with E-state index in [1.807, 2.05) is 0 Å². The van der Waals surface area contributed by atoms with Crippen LogP contribution in [0, 0.1) is 0 Å². The van der Waals surface area contributed by atoms with Gasteiger partial charge in [0.1, 0.15) is 0 Å². The second-order valence-electron chi connectivity index (χ2n) is 6.36. The largest absolute Gasteiger partial charge is 0.469 e. The fourth-order valence-electron chi connectivity index (χ4n) is 3.30. The fraction of sp³-hybridized carbons (Fsp3) is 0.842. The quantitative estimate of drug-likeness (QED) is 0.252. The lowest BCUT2D eigenvalue weighted by molar-refractivity contribution is -0.140. The Balaban J connectivity index is 2.09. The van der Waals surface area contributed by atoms with Crippen molar-refractivity contribution >= 4 is 5.97 Å². The molecule has 0 aromatic heterocycles. The molecule has 0 aromatic rings. The van der Waals surface area contributed by atoms with E-state index in [1.165, 1.54) is 77.7 Å². The summed E-state index contributed by atoms with van der Waals surface area (Å²) >= 11 is 0. The van der Waals surface area contributed by atoms with Gasteiger partial charge in [-0.1, -0.05) is 50.2 Å². The van der Waals surface area contributed by atoms with Crippen molar-refractivity contribution in [3.05, 3.63) is 11.1 Å². The zero-order valence-corrected chi connectivity index (χ0v) is 14.2. The highest BCUT2D eigenvalue weighted by Crippen LogP contribution is 2.33. The Bertz CT molecular complexity index is 318. The number of unbranched alkanes of at least 4 members (excludes halogenated alkanes) is 6. The standard InChI is InChI=1S/C19H34O2/c1-3-4-5-8-12-17-14-11-15-18(17)13-9-6-7-10-16-19(20)21-2/h3-16H2,1-2H3. The van der Waals surface area contributed by atoms with Gasteiger partial charge in [0.2, 0.25) is 0 Å². The van der Waals surface area contributed by atoms with Gasteiger partial charge in [-0.3, -0.25) is 4.79 Å². The van der Waals surface area contributed by atoms with Gasteiger partial charge in [-0.15, -0.1) is 0 Å². The smallest absolute Gasteiger partial charge is 0.305 e. The SMILES string of the molecule is CCCCCCC1=C(CCCCCCC(=O)OC)CCC1. The van der Waals surface area contributed by atoms with Crippen LogP contribution in [0.25, 0.3) is 0 Å². The van der Waals surface area contributed by atoms with E-state index in [1.54, 1.807) is 11.1 Å². The molecule has 0 amide bonds. The van der Waals surface area contributed by atoms with Crippen LogP contribution in [0.5, 0.6) is 0 Å². The van der Waals surface area contributed by atoms with Crippen molar-refractivity contribution in [2.24, 2.45) is 0 Å². The second kappa shape index (κ2) is 11.8. The van der Waals surface area contributed by atoms with Crippen LogP contribution in [0.2, 0.25) is 0 Å². The van der Waals surface area contributed by atoms with E-state index >= 15 is 0 Å². The number of ether oxygens (including phenoxy) is 1. The Kier molecular flexibility index (Phi) is 10.3. The molecule has 122 valence electrons. The molecule has 0 bridgehead atoms. The molecule has 0 atom stereocenters. The van der Waals surface area contributed by atoms with Gasteiger partial charge in [0, 0.05) is 6.42 Å². The number of hydrogen-bond acceptors (Lipinski definition) is 2. The molecule has 2 heteroatoms. The van der Waals surface area contributed by atoms with Gasteiger partial charge in [-0.2, -0.15) is 0 Å². The Morgan fingerprint density at radius 2 is 1.48 bits per heavy atom. The van der Waals surface area contributed by atoms with Gasteiger partial charge < -0.3 is 4.74 Å². The predicted molar refractivity (Wildman–Crippen MR) is 89.4 cm³/mol. The topological polar surface area (TPSA) is 26.3 Å². The molecule has 0 spiro atoms. The number of methoxy groups -OCH3 is 1. The summed E-state index contributed by atoms with van der Waals surface area (Å²) in [5.41, 5.74) is 3.57. The molecule has 1 aliphatic carbocycles. The molecule has 0 aliphatic heterocycles. The minimum Gasteiger partial charge on any atom is -0.469 e. The minimum absolute atomic E-state index is 0.0668. The summed E-state index contributed by atoms with van der Waals surface area (Å²) in [4.78, 5) is 11.0. The van der Waals surface area contributed by atoms with Crippen LogP contribution in [-0.4, -0.2) is 13.1 Å². The van der Waals surface area contributed by atoms with E-state index in [2.05, 4.69) is 11.7 Å². The van der Waals surface area contributed by atoms with Crippen molar-refractivity contribution in [3.8, 4) is 0 Å². The first-order chi connectivity index (χ1) is 10.3. The number of allylic oxidation sites excluding steroid dienone is 2.